The number of rotatable bonds is 6. The van der Waals surface area contributed by atoms with Gasteiger partial charge < -0.3 is 5.32 Å². The van der Waals surface area contributed by atoms with Crippen molar-refractivity contribution in [2.24, 2.45) is 5.92 Å². The van der Waals surface area contributed by atoms with Crippen LogP contribution >= 0.6 is 11.3 Å². The highest BCUT2D eigenvalue weighted by Gasteiger charge is 2.21. The van der Waals surface area contributed by atoms with E-state index in [0.717, 1.165) is 12.5 Å². The van der Waals surface area contributed by atoms with E-state index >= 15 is 0 Å². The van der Waals surface area contributed by atoms with Crippen molar-refractivity contribution in [3.63, 3.8) is 0 Å². The Kier molecular flexibility index (Phi) is 4.79. The van der Waals surface area contributed by atoms with Crippen LogP contribution in [0, 0.1) is 5.92 Å². The molecule has 1 N–H and O–H groups in total. The molecule has 0 saturated heterocycles. The molecule has 0 saturated carbocycles. The third-order valence-electron chi connectivity index (χ3n) is 3.79. The Morgan fingerprint density at radius 2 is 1.89 bits per heavy atom. The summed E-state index contributed by atoms with van der Waals surface area (Å²) in [5, 5.41) is 7.27. The fourth-order valence-electron chi connectivity index (χ4n) is 2.77. The summed E-state index contributed by atoms with van der Waals surface area (Å²) >= 11 is 1.87. The molecule has 2 rings (SSSR count). The molecule has 0 radical (unpaired) electrons. The van der Waals surface area contributed by atoms with E-state index in [1.807, 2.05) is 11.3 Å². The lowest BCUT2D eigenvalue weighted by Gasteiger charge is -2.27. The summed E-state index contributed by atoms with van der Waals surface area (Å²) in [6, 6.07) is 9.42. The zero-order valence-electron chi connectivity index (χ0n) is 11.6. The summed E-state index contributed by atoms with van der Waals surface area (Å²) in [6.45, 7) is 7.83. The predicted molar refractivity (Wildman–Crippen MR) is 82.3 cm³/mol. The quantitative estimate of drug-likeness (QED) is 0.772. The molecule has 1 nitrogen and oxygen atoms in total. The Hall–Kier alpha value is -0.860. The average molecular weight is 261 g/mol. The number of fused-ring (bicyclic) bond motifs is 1. The molecule has 0 aliphatic carbocycles. The van der Waals surface area contributed by atoms with Crippen LogP contribution in [0.15, 0.2) is 29.6 Å². The second kappa shape index (κ2) is 6.35. The van der Waals surface area contributed by atoms with Gasteiger partial charge in [0.1, 0.15) is 0 Å². The monoisotopic (exact) mass is 261 g/mol. The molecule has 2 aromatic rings. The normalized spacial score (nSPS) is 13.3. The molecule has 0 spiro atoms. The van der Waals surface area contributed by atoms with Gasteiger partial charge in [-0.15, -0.1) is 11.3 Å². The number of benzene rings is 1. The van der Waals surface area contributed by atoms with Gasteiger partial charge in [0, 0.05) is 10.7 Å². The number of hydrogen-bond donors (Lipinski definition) is 1. The van der Waals surface area contributed by atoms with E-state index in [4.69, 9.17) is 0 Å². The highest BCUT2D eigenvalue weighted by molar-refractivity contribution is 7.17. The molecular weight excluding hydrogens is 238 g/mol. The summed E-state index contributed by atoms with van der Waals surface area (Å²) in [7, 11) is 0. The van der Waals surface area contributed by atoms with Crippen LogP contribution in [0.25, 0.3) is 10.1 Å². The van der Waals surface area contributed by atoms with Crippen molar-refractivity contribution in [1.29, 1.82) is 0 Å². The number of thiophene rings is 1. The van der Waals surface area contributed by atoms with Crippen LogP contribution in [0.5, 0.6) is 0 Å². The van der Waals surface area contributed by atoms with Crippen molar-refractivity contribution in [3.8, 4) is 0 Å². The molecule has 1 aromatic heterocycles. The number of nitrogens with one attached hydrogen (secondary N) is 1. The summed E-state index contributed by atoms with van der Waals surface area (Å²) in [6.07, 6.45) is 2.46. The average Bonchev–Trinajstić information content (AvgIpc) is 2.87. The van der Waals surface area contributed by atoms with Gasteiger partial charge in [-0.25, -0.2) is 0 Å². The van der Waals surface area contributed by atoms with E-state index < -0.39 is 0 Å². The zero-order chi connectivity index (χ0) is 13.0. The fraction of sp³-hybridized carbons (Fsp3) is 0.500. The molecule has 0 bridgehead atoms. The Morgan fingerprint density at radius 3 is 2.56 bits per heavy atom. The minimum absolute atomic E-state index is 0.493. The fourth-order valence-corrected chi connectivity index (χ4v) is 3.73. The van der Waals surface area contributed by atoms with Crippen LogP contribution in [0.1, 0.15) is 45.2 Å². The van der Waals surface area contributed by atoms with Crippen LogP contribution in [0.3, 0.4) is 0 Å². The summed E-state index contributed by atoms with van der Waals surface area (Å²) < 4.78 is 1.45. The van der Waals surface area contributed by atoms with Gasteiger partial charge in [-0.2, -0.15) is 0 Å². The van der Waals surface area contributed by atoms with E-state index in [1.165, 1.54) is 28.5 Å². The van der Waals surface area contributed by atoms with Gasteiger partial charge in [0.05, 0.1) is 0 Å². The largest absolute Gasteiger partial charge is 0.310 e. The third-order valence-corrected chi connectivity index (χ3v) is 4.77. The van der Waals surface area contributed by atoms with Crippen LogP contribution in [0.2, 0.25) is 0 Å². The maximum atomic E-state index is 3.69. The molecule has 0 amide bonds. The van der Waals surface area contributed by atoms with Gasteiger partial charge in [-0.3, -0.25) is 0 Å². The SMILES string of the molecule is CCNC(c1cccc2ccsc12)C(CC)CC. The molecule has 98 valence electrons. The Morgan fingerprint density at radius 1 is 1.11 bits per heavy atom. The molecule has 2 heteroatoms. The first-order valence-electron chi connectivity index (χ1n) is 7.01. The smallest absolute Gasteiger partial charge is 0.0390 e. The summed E-state index contributed by atoms with van der Waals surface area (Å²) in [5.41, 5.74) is 1.48. The lowest BCUT2D eigenvalue weighted by atomic mass is 9.88. The van der Waals surface area contributed by atoms with Gasteiger partial charge in [0.2, 0.25) is 0 Å². The molecule has 0 aliphatic heterocycles. The van der Waals surface area contributed by atoms with Crippen LogP contribution in [-0.4, -0.2) is 6.54 Å². The zero-order valence-corrected chi connectivity index (χ0v) is 12.4. The highest BCUT2D eigenvalue weighted by Crippen LogP contribution is 2.34. The molecular formula is C16H23NS. The molecule has 1 heterocycles. The van der Waals surface area contributed by atoms with Crippen molar-refractivity contribution in [3.05, 3.63) is 35.2 Å². The summed E-state index contributed by atoms with van der Waals surface area (Å²) in [4.78, 5) is 0. The summed E-state index contributed by atoms with van der Waals surface area (Å²) in [5.74, 6) is 0.720. The Balaban J connectivity index is 2.43. The molecule has 1 aromatic carbocycles. The standard InChI is InChI=1S/C16H23NS/c1-4-12(5-2)15(17-6-3)14-9-7-8-13-10-11-18-16(13)14/h7-12,15,17H,4-6H2,1-3H3. The first-order valence-corrected chi connectivity index (χ1v) is 7.89. The lowest BCUT2D eigenvalue weighted by Crippen LogP contribution is -2.27. The first kappa shape index (κ1) is 13.6. The molecule has 0 aliphatic rings. The van der Waals surface area contributed by atoms with E-state index in [-0.39, 0.29) is 0 Å². The first-order chi connectivity index (χ1) is 8.81. The van der Waals surface area contributed by atoms with Gasteiger partial charge in [-0.05, 0) is 34.9 Å². The Bertz CT molecular complexity index is 485. The van der Waals surface area contributed by atoms with Gasteiger partial charge in [-0.1, -0.05) is 51.8 Å². The maximum absolute atomic E-state index is 3.69. The van der Waals surface area contributed by atoms with Gasteiger partial charge >= 0.3 is 0 Å². The highest BCUT2D eigenvalue weighted by atomic mass is 32.1. The Labute approximate surface area is 114 Å². The van der Waals surface area contributed by atoms with E-state index in [1.54, 1.807) is 0 Å². The molecule has 1 unspecified atom stereocenters. The van der Waals surface area contributed by atoms with E-state index in [2.05, 4.69) is 55.7 Å². The van der Waals surface area contributed by atoms with Crippen LogP contribution in [-0.2, 0) is 0 Å². The van der Waals surface area contributed by atoms with Crippen molar-refractivity contribution in [2.45, 2.75) is 39.7 Å². The predicted octanol–water partition coefficient (Wildman–Crippen LogP) is 4.99. The van der Waals surface area contributed by atoms with E-state index in [9.17, 15) is 0 Å². The lowest BCUT2D eigenvalue weighted by molar-refractivity contribution is 0.348. The molecule has 0 fully saturated rings. The van der Waals surface area contributed by atoms with Crippen LogP contribution in [0.4, 0.5) is 0 Å². The van der Waals surface area contributed by atoms with E-state index in [0.29, 0.717) is 6.04 Å². The van der Waals surface area contributed by atoms with Gasteiger partial charge in [0.15, 0.2) is 0 Å². The topological polar surface area (TPSA) is 12.0 Å². The van der Waals surface area contributed by atoms with Crippen molar-refractivity contribution in [2.75, 3.05) is 6.54 Å². The minimum atomic E-state index is 0.493. The van der Waals surface area contributed by atoms with Crippen molar-refractivity contribution >= 4 is 21.4 Å². The van der Waals surface area contributed by atoms with Crippen LogP contribution < -0.4 is 5.32 Å². The second-order valence-electron chi connectivity index (χ2n) is 4.80. The maximum Gasteiger partial charge on any atom is 0.0390 e. The minimum Gasteiger partial charge on any atom is -0.310 e. The number of hydrogen-bond acceptors (Lipinski definition) is 2. The second-order valence-corrected chi connectivity index (χ2v) is 5.71. The van der Waals surface area contributed by atoms with Crippen molar-refractivity contribution < 1.29 is 0 Å². The molecule has 1 atom stereocenters. The molecule has 18 heavy (non-hydrogen) atoms. The van der Waals surface area contributed by atoms with Crippen molar-refractivity contribution in [1.82, 2.24) is 5.32 Å². The van der Waals surface area contributed by atoms with Gasteiger partial charge in [0.25, 0.3) is 0 Å². The third kappa shape index (κ3) is 2.60.